The molecule has 138 valence electrons. The first-order valence-corrected chi connectivity index (χ1v) is 9.26. The molecule has 2 aromatic heterocycles. The highest BCUT2D eigenvalue weighted by atomic mass is 16.1. The van der Waals surface area contributed by atoms with Crippen molar-refractivity contribution in [3.8, 4) is 22.6 Å². The van der Waals surface area contributed by atoms with Crippen molar-refractivity contribution in [2.45, 2.75) is 19.9 Å². The van der Waals surface area contributed by atoms with Crippen LogP contribution in [0.4, 0.5) is 0 Å². The molecule has 0 unspecified atom stereocenters. The van der Waals surface area contributed by atoms with Crippen LogP contribution in [-0.4, -0.2) is 33.9 Å². The number of aromatic nitrogens is 3. The van der Waals surface area contributed by atoms with E-state index in [0.717, 1.165) is 48.0 Å². The highest BCUT2D eigenvalue weighted by Crippen LogP contribution is 2.29. The van der Waals surface area contributed by atoms with Crippen LogP contribution < -0.4 is 10.6 Å². The molecule has 1 amide bonds. The molecule has 1 atom stereocenters. The Balaban J connectivity index is 1.61. The first kappa shape index (κ1) is 17.4. The van der Waals surface area contributed by atoms with Gasteiger partial charge in [0.1, 0.15) is 5.82 Å². The van der Waals surface area contributed by atoms with Gasteiger partial charge in [-0.25, -0.2) is 4.98 Å². The molecule has 27 heavy (non-hydrogen) atoms. The van der Waals surface area contributed by atoms with Crippen LogP contribution in [0.2, 0.25) is 0 Å². The Morgan fingerprint density at radius 2 is 2.07 bits per heavy atom. The summed E-state index contributed by atoms with van der Waals surface area (Å²) in [5.74, 6) is 0.852. The number of amides is 1. The van der Waals surface area contributed by atoms with Crippen LogP contribution in [0.3, 0.4) is 0 Å². The number of carbonyl (C=O) groups excluding carboxylic acids is 1. The van der Waals surface area contributed by atoms with Gasteiger partial charge < -0.3 is 15.6 Å². The van der Waals surface area contributed by atoms with Gasteiger partial charge in [0.05, 0.1) is 29.5 Å². The highest BCUT2D eigenvalue weighted by Gasteiger charge is 2.22. The van der Waals surface area contributed by atoms with Gasteiger partial charge in [-0.2, -0.15) is 0 Å². The molecule has 3 heterocycles. The fraction of sp³-hybridized carbons (Fsp3) is 0.286. The van der Waals surface area contributed by atoms with E-state index in [1.807, 2.05) is 18.2 Å². The largest absolute Gasteiger partial charge is 0.349 e. The Hall–Kier alpha value is -2.99. The summed E-state index contributed by atoms with van der Waals surface area (Å²) in [5.41, 5.74) is 4.77. The maximum atomic E-state index is 12.3. The number of carbonyl (C=O) groups is 1. The quantitative estimate of drug-likeness (QED) is 0.652. The lowest BCUT2D eigenvalue weighted by molar-refractivity contribution is -0.124. The number of hydrogen-bond donors (Lipinski definition) is 3. The number of nitrogens with one attached hydrogen (secondary N) is 3. The number of hydrogen-bond acceptors (Lipinski definition) is 4. The summed E-state index contributed by atoms with van der Waals surface area (Å²) in [6, 6.07) is 14.1. The molecule has 1 fully saturated rings. The third-order valence-corrected chi connectivity index (χ3v) is 4.86. The Morgan fingerprint density at radius 1 is 1.22 bits per heavy atom. The SMILES string of the molecule is Cc1ccc(-c2nc(CNC(=O)[C@@H]3CCNC3)[nH]c2-c2ccccn2)cc1. The molecule has 1 aromatic carbocycles. The number of aryl methyl sites for hydroxylation is 1. The Morgan fingerprint density at radius 3 is 2.78 bits per heavy atom. The van der Waals surface area contributed by atoms with Crippen molar-refractivity contribution in [2.24, 2.45) is 5.92 Å². The average molecular weight is 361 g/mol. The molecule has 1 aliphatic heterocycles. The minimum Gasteiger partial charge on any atom is -0.349 e. The number of aromatic amines is 1. The molecule has 3 aromatic rings. The summed E-state index contributed by atoms with van der Waals surface area (Å²) in [6.45, 7) is 4.09. The van der Waals surface area contributed by atoms with Crippen LogP contribution in [0.5, 0.6) is 0 Å². The summed E-state index contributed by atoms with van der Waals surface area (Å²) in [7, 11) is 0. The second kappa shape index (κ2) is 7.72. The Labute approximate surface area is 158 Å². The van der Waals surface area contributed by atoms with Gasteiger partial charge in [-0.15, -0.1) is 0 Å². The van der Waals surface area contributed by atoms with E-state index < -0.39 is 0 Å². The van der Waals surface area contributed by atoms with Gasteiger partial charge in [-0.1, -0.05) is 35.9 Å². The van der Waals surface area contributed by atoms with Gasteiger partial charge in [0.2, 0.25) is 5.91 Å². The van der Waals surface area contributed by atoms with Crippen molar-refractivity contribution in [2.75, 3.05) is 13.1 Å². The lowest BCUT2D eigenvalue weighted by atomic mass is 10.1. The van der Waals surface area contributed by atoms with Gasteiger partial charge in [0.25, 0.3) is 0 Å². The van der Waals surface area contributed by atoms with Crippen LogP contribution in [0.1, 0.15) is 17.8 Å². The van der Waals surface area contributed by atoms with Crippen LogP contribution in [-0.2, 0) is 11.3 Å². The van der Waals surface area contributed by atoms with E-state index in [-0.39, 0.29) is 11.8 Å². The Bertz CT molecular complexity index is 912. The third kappa shape index (κ3) is 3.90. The summed E-state index contributed by atoms with van der Waals surface area (Å²) >= 11 is 0. The smallest absolute Gasteiger partial charge is 0.224 e. The van der Waals surface area contributed by atoms with Gasteiger partial charge in [-0.3, -0.25) is 9.78 Å². The molecular formula is C21H23N5O. The van der Waals surface area contributed by atoms with E-state index in [0.29, 0.717) is 6.54 Å². The topological polar surface area (TPSA) is 82.7 Å². The summed E-state index contributed by atoms with van der Waals surface area (Å²) < 4.78 is 0. The lowest BCUT2D eigenvalue weighted by Gasteiger charge is -2.08. The summed E-state index contributed by atoms with van der Waals surface area (Å²) in [5, 5.41) is 6.22. The van der Waals surface area contributed by atoms with E-state index in [2.05, 4.69) is 51.8 Å². The number of rotatable bonds is 5. The van der Waals surface area contributed by atoms with Crippen molar-refractivity contribution in [1.29, 1.82) is 0 Å². The number of pyridine rings is 1. The molecule has 4 rings (SSSR count). The molecule has 0 spiro atoms. The van der Waals surface area contributed by atoms with E-state index in [9.17, 15) is 4.79 Å². The zero-order chi connectivity index (χ0) is 18.6. The number of nitrogens with zero attached hydrogens (tertiary/aromatic N) is 2. The number of benzene rings is 1. The molecule has 6 heteroatoms. The van der Waals surface area contributed by atoms with Crippen molar-refractivity contribution in [1.82, 2.24) is 25.6 Å². The minimum absolute atomic E-state index is 0.0480. The molecule has 6 nitrogen and oxygen atoms in total. The van der Waals surface area contributed by atoms with Crippen LogP contribution >= 0.6 is 0 Å². The van der Waals surface area contributed by atoms with Gasteiger partial charge in [-0.05, 0) is 32.0 Å². The van der Waals surface area contributed by atoms with E-state index in [4.69, 9.17) is 4.98 Å². The predicted molar refractivity (Wildman–Crippen MR) is 105 cm³/mol. The summed E-state index contributed by atoms with van der Waals surface area (Å²) in [6.07, 6.45) is 2.65. The van der Waals surface area contributed by atoms with Gasteiger partial charge in [0, 0.05) is 18.3 Å². The highest BCUT2D eigenvalue weighted by molar-refractivity contribution is 5.79. The number of H-pyrrole nitrogens is 1. The van der Waals surface area contributed by atoms with Crippen molar-refractivity contribution >= 4 is 5.91 Å². The fourth-order valence-electron chi connectivity index (χ4n) is 3.32. The van der Waals surface area contributed by atoms with E-state index in [1.165, 1.54) is 5.56 Å². The van der Waals surface area contributed by atoms with Crippen LogP contribution in [0.15, 0.2) is 48.7 Å². The summed E-state index contributed by atoms with van der Waals surface area (Å²) in [4.78, 5) is 24.9. The Kier molecular flexibility index (Phi) is 4.98. The standard InChI is InChI=1S/C21H23N5O/c1-14-5-7-15(8-6-14)19-20(17-4-2-3-10-23-17)26-18(25-19)13-24-21(27)16-9-11-22-12-16/h2-8,10,16,22H,9,11-13H2,1H3,(H,24,27)(H,25,26)/t16-/m1/s1. The third-order valence-electron chi connectivity index (χ3n) is 4.86. The fourth-order valence-corrected chi connectivity index (χ4v) is 3.32. The first-order valence-electron chi connectivity index (χ1n) is 9.26. The monoisotopic (exact) mass is 361 g/mol. The van der Waals surface area contributed by atoms with Gasteiger partial charge >= 0.3 is 0 Å². The zero-order valence-corrected chi connectivity index (χ0v) is 15.3. The zero-order valence-electron chi connectivity index (χ0n) is 15.3. The maximum absolute atomic E-state index is 12.3. The van der Waals surface area contributed by atoms with Crippen LogP contribution in [0.25, 0.3) is 22.6 Å². The lowest BCUT2D eigenvalue weighted by Crippen LogP contribution is -2.31. The molecule has 0 radical (unpaired) electrons. The molecule has 3 N–H and O–H groups in total. The molecule has 0 bridgehead atoms. The normalized spacial score (nSPS) is 16.4. The van der Waals surface area contributed by atoms with Crippen molar-refractivity contribution in [3.63, 3.8) is 0 Å². The average Bonchev–Trinajstić information content (AvgIpc) is 3.38. The molecule has 1 saturated heterocycles. The van der Waals surface area contributed by atoms with Crippen molar-refractivity contribution < 1.29 is 4.79 Å². The second-order valence-corrected chi connectivity index (χ2v) is 6.90. The predicted octanol–water partition coefficient (Wildman–Crippen LogP) is 2.67. The minimum atomic E-state index is 0.0480. The van der Waals surface area contributed by atoms with Crippen molar-refractivity contribution in [3.05, 3.63) is 60.0 Å². The number of imidazole rings is 1. The molecular weight excluding hydrogens is 338 g/mol. The first-order chi connectivity index (χ1) is 13.2. The maximum Gasteiger partial charge on any atom is 0.224 e. The molecule has 1 aliphatic rings. The van der Waals surface area contributed by atoms with Gasteiger partial charge in [0.15, 0.2) is 0 Å². The van der Waals surface area contributed by atoms with Crippen LogP contribution in [0, 0.1) is 12.8 Å². The molecule has 0 saturated carbocycles. The molecule has 0 aliphatic carbocycles. The van der Waals surface area contributed by atoms with E-state index in [1.54, 1.807) is 6.20 Å². The second-order valence-electron chi connectivity index (χ2n) is 6.90. The van der Waals surface area contributed by atoms with E-state index >= 15 is 0 Å².